The number of amides is 1. The van der Waals surface area contributed by atoms with Crippen molar-refractivity contribution < 1.29 is 4.79 Å². The van der Waals surface area contributed by atoms with Gasteiger partial charge in [-0.3, -0.25) is 9.69 Å². The molecule has 5 heteroatoms. The van der Waals surface area contributed by atoms with E-state index >= 15 is 0 Å². The maximum atomic E-state index is 12.9. The zero-order valence-corrected chi connectivity index (χ0v) is 17.5. The van der Waals surface area contributed by atoms with Gasteiger partial charge in [0.2, 0.25) is 5.91 Å². The second kappa shape index (κ2) is 7.97. The van der Waals surface area contributed by atoms with Gasteiger partial charge in [0.1, 0.15) is 0 Å². The Balaban J connectivity index is 0.00000192. The lowest BCUT2D eigenvalue weighted by Crippen LogP contribution is -2.60. The fourth-order valence-corrected chi connectivity index (χ4v) is 7.21. The van der Waals surface area contributed by atoms with Crippen LogP contribution in [0, 0.1) is 23.7 Å². The molecule has 5 fully saturated rings. The number of hydrogen-bond acceptors (Lipinski definition) is 3. The Hall–Kier alpha value is -1.10. The van der Waals surface area contributed by atoms with Gasteiger partial charge in [0, 0.05) is 24.5 Å². The highest BCUT2D eigenvalue weighted by atomic mass is 35.5. The SMILES string of the molecule is Cl.NC[C@@H]1CN(CC(=O)NC23CC4CC(CC(C4)C2)C3)C[C@H]1c1ccccc1. The first kappa shape index (κ1) is 20.2. The molecule has 154 valence electrons. The summed E-state index contributed by atoms with van der Waals surface area (Å²) in [5.74, 6) is 3.73. The topological polar surface area (TPSA) is 58.4 Å². The average molecular weight is 404 g/mol. The van der Waals surface area contributed by atoms with E-state index in [1.807, 2.05) is 0 Å². The third-order valence-corrected chi connectivity index (χ3v) is 7.86. The van der Waals surface area contributed by atoms with Gasteiger partial charge in [-0.2, -0.15) is 0 Å². The van der Waals surface area contributed by atoms with E-state index in [1.54, 1.807) is 0 Å². The van der Waals surface area contributed by atoms with E-state index < -0.39 is 0 Å². The minimum atomic E-state index is 0. The Morgan fingerprint density at radius 2 is 1.64 bits per heavy atom. The minimum Gasteiger partial charge on any atom is -0.350 e. The van der Waals surface area contributed by atoms with Crippen LogP contribution in [0.4, 0.5) is 0 Å². The summed E-state index contributed by atoms with van der Waals surface area (Å²) < 4.78 is 0. The van der Waals surface area contributed by atoms with Crippen LogP contribution in [0.15, 0.2) is 30.3 Å². The summed E-state index contributed by atoms with van der Waals surface area (Å²) >= 11 is 0. The standard InChI is InChI=1S/C23H33N3O.ClH/c24-12-20-13-26(14-21(20)19-4-2-1-3-5-19)15-22(27)25-23-9-16-6-17(10-23)8-18(7-16)11-23;/h1-5,16-18,20-21H,6-15,24H2,(H,25,27);1H/t16?,17?,18?,20-,21+,23?;/m1./s1. The van der Waals surface area contributed by atoms with Crippen LogP contribution in [0.3, 0.4) is 0 Å². The molecule has 5 aliphatic rings. The first-order chi connectivity index (χ1) is 13.1. The van der Waals surface area contributed by atoms with Crippen LogP contribution < -0.4 is 11.1 Å². The lowest BCUT2D eigenvalue weighted by molar-refractivity contribution is -0.127. The molecule has 4 bridgehead atoms. The molecule has 4 saturated carbocycles. The monoisotopic (exact) mass is 403 g/mol. The molecule has 0 aromatic heterocycles. The minimum absolute atomic E-state index is 0. The van der Waals surface area contributed by atoms with Crippen LogP contribution in [0.1, 0.15) is 50.0 Å². The highest BCUT2D eigenvalue weighted by molar-refractivity contribution is 5.85. The van der Waals surface area contributed by atoms with Gasteiger partial charge in [0.25, 0.3) is 0 Å². The van der Waals surface area contributed by atoms with Gasteiger partial charge in [0.05, 0.1) is 6.54 Å². The van der Waals surface area contributed by atoms with E-state index in [-0.39, 0.29) is 23.9 Å². The first-order valence-corrected chi connectivity index (χ1v) is 10.9. The van der Waals surface area contributed by atoms with Crippen molar-refractivity contribution in [1.29, 1.82) is 0 Å². The highest BCUT2D eigenvalue weighted by Crippen LogP contribution is 2.55. The number of rotatable bonds is 5. The van der Waals surface area contributed by atoms with Gasteiger partial charge in [-0.05, 0) is 74.3 Å². The maximum absolute atomic E-state index is 12.9. The molecule has 0 radical (unpaired) electrons. The summed E-state index contributed by atoms with van der Waals surface area (Å²) in [6, 6.07) is 10.7. The van der Waals surface area contributed by atoms with Crippen molar-refractivity contribution >= 4 is 18.3 Å². The van der Waals surface area contributed by atoms with Crippen molar-refractivity contribution in [2.45, 2.75) is 50.0 Å². The van der Waals surface area contributed by atoms with Crippen LogP contribution in [0.5, 0.6) is 0 Å². The molecular formula is C23H34ClN3O. The maximum Gasteiger partial charge on any atom is 0.234 e. The summed E-state index contributed by atoms with van der Waals surface area (Å²) in [6.07, 6.45) is 7.92. The number of carbonyl (C=O) groups excluding carboxylic acids is 1. The molecule has 0 spiro atoms. The molecule has 28 heavy (non-hydrogen) atoms. The van der Waals surface area contributed by atoms with Crippen molar-refractivity contribution in [3.8, 4) is 0 Å². The van der Waals surface area contributed by atoms with E-state index in [4.69, 9.17) is 5.73 Å². The number of halogens is 1. The fourth-order valence-electron chi connectivity index (χ4n) is 7.21. The number of benzene rings is 1. The van der Waals surface area contributed by atoms with E-state index in [9.17, 15) is 4.79 Å². The Morgan fingerprint density at radius 3 is 2.21 bits per heavy atom. The number of nitrogens with zero attached hydrogens (tertiary/aromatic N) is 1. The predicted octanol–water partition coefficient (Wildman–Crippen LogP) is 3.17. The van der Waals surface area contributed by atoms with Crippen molar-refractivity contribution in [2.75, 3.05) is 26.2 Å². The molecule has 3 N–H and O–H groups in total. The third-order valence-electron chi connectivity index (χ3n) is 7.86. The van der Waals surface area contributed by atoms with E-state index in [2.05, 4.69) is 40.5 Å². The van der Waals surface area contributed by atoms with Gasteiger partial charge >= 0.3 is 0 Å². The van der Waals surface area contributed by atoms with E-state index in [0.717, 1.165) is 30.8 Å². The molecule has 2 atom stereocenters. The van der Waals surface area contributed by atoms with Crippen LogP contribution in [-0.4, -0.2) is 42.5 Å². The summed E-state index contributed by atoms with van der Waals surface area (Å²) in [6.45, 7) is 3.10. The molecule has 1 heterocycles. The molecule has 1 aliphatic heterocycles. The summed E-state index contributed by atoms with van der Waals surface area (Å²) in [7, 11) is 0. The zero-order valence-electron chi connectivity index (χ0n) is 16.7. The molecule has 1 aromatic carbocycles. The van der Waals surface area contributed by atoms with Crippen molar-refractivity contribution in [3.05, 3.63) is 35.9 Å². The molecule has 1 saturated heterocycles. The van der Waals surface area contributed by atoms with E-state index in [0.29, 0.717) is 24.9 Å². The highest BCUT2D eigenvalue weighted by Gasteiger charge is 2.51. The number of nitrogens with one attached hydrogen (secondary N) is 1. The largest absolute Gasteiger partial charge is 0.350 e. The average Bonchev–Trinajstić information content (AvgIpc) is 3.03. The predicted molar refractivity (Wildman–Crippen MR) is 114 cm³/mol. The normalized spacial score (nSPS) is 39.0. The second-order valence-electron chi connectivity index (χ2n) is 9.95. The van der Waals surface area contributed by atoms with Crippen LogP contribution in [0.2, 0.25) is 0 Å². The van der Waals surface area contributed by atoms with Gasteiger partial charge in [-0.15, -0.1) is 12.4 Å². The van der Waals surface area contributed by atoms with Gasteiger partial charge in [0.15, 0.2) is 0 Å². The Morgan fingerprint density at radius 1 is 1.04 bits per heavy atom. The first-order valence-electron chi connectivity index (χ1n) is 10.9. The molecule has 0 unspecified atom stereocenters. The second-order valence-corrected chi connectivity index (χ2v) is 9.95. The van der Waals surface area contributed by atoms with Crippen molar-refractivity contribution in [1.82, 2.24) is 10.2 Å². The quantitative estimate of drug-likeness (QED) is 0.793. The van der Waals surface area contributed by atoms with Crippen LogP contribution in [0.25, 0.3) is 0 Å². The van der Waals surface area contributed by atoms with E-state index in [1.165, 1.54) is 44.1 Å². The molecular weight excluding hydrogens is 370 g/mol. The van der Waals surface area contributed by atoms with Crippen molar-refractivity contribution in [3.63, 3.8) is 0 Å². The zero-order chi connectivity index (χ0) is 18.4. The Labute approximate surface area is 175 Å². The summed E-state index contributed by atoms with van der Waals surface area (Å²) in [4.78, 5) is 15.3. The smallest absolute Gasteiger partial charge is 0.234 e. The number of hydrogen-bond donors (Lipinski definition) is 2. The summed E-state index contributed by atoms with van der Waals surface area (Å²) in [5.41, 5.74) is 7.54. The molecule has 4 nitrogen and oxygen atoms in total. The lowest BCUT2D eigenvalue weighted by Gasteiger charge is -2.57. The molecule has 1 amide bonds. The Bertz CT molecular complexity index is 659. The number of carbonyl (C=O) groups is 1. The van der Waals surface area contributed by atoms with Gasteiger partial charge in [-0.25, -0.2) is 0 Å². The third kappa shape index (κ3) is 3.83. The molecule has 4 aliphatic carbocycles. The van der Waals surface area contributed by atoms with Gasteiger partial charge in [-0.1, -0.05) is 30.3 Å². The fraction of sp³-hybridized carbons (Fsp3) is 0.696. The lowest BCUT2D eigenvalue weighted by atomic mass is 9.53. The van der Waals surface area contributed by atoms with Crippen LogP contribution >= 0.6 is 12.4 Å². The van der Waals surface area contributed by atoms with Crippen molar-refractivity contribution in [2.24, 2.45) is 29.4 Å². The molecule has 6 rings (SSSR count). The number of likely N-dealkylation sites (tertiary alicyclic amines) is 1. The Kier molecular flexibility index (Phi) is 5.74. The van der Waals surface area contributed by atoms with Crippen LogP contribution in [-0.2, 0) is 4.79 Å². The van der Waals surface area contributed by atoms with Gasteiger partial charge < -0.3 is 11.1 Å². The summed E-state index contributed by atoms with van der Waals surface area (Å²) in [5, 5.41) is 3.53. The number of nitrogens with two attached hydrogens (primary N) is 1. The molecule has 1 aromatic rings.